The predicted molar refractivity (Wildman–Crippen MR) is 116 cm³/mol. The minimum absolute atomic E-state index is 0.286. The number of fused-ring (bicyclic) bond motifs is 2. The Hall–Kier alpha value is -2.47. The van der Waals surface area contributed by atoms with Gasteiger partial charge in [-0.25, -0.2) is 9.97 Å². The molecule has 2 aromatic rings. The average molecular weight is 407 g/mol. The SMILES string of the molecule is Cc1ccc(C2(C(=O)N3CCC4(CC3)OCCc3cnc(N(C)C)nc34)CC2)cc1. The molecule has 30 heavy (non-hydrogen) atoms. The topological polar surface area (TPSA) is 58.6 Å². The lowest BCUT2D eigenvalue weighted by Gasteiger charge is -2.44. The van der Waals surface area contributed by atoms with Gasteiger partial charge in [-0.3, -0.25) is 4.79 Å². The molecule has 0 N–H and O–H groups in total. The molecule has 1 aromatic heterocycles. The molecule has 2 fully saturated rings. The fraction of sp³-hybridized carbons (Fsp3) is 0.542. The van der Waals surface area contributed by atoms with E-state index in [4.69, 9.17) is 9.72 Å². The molecule has 0 atom stereocenters. The van der Waals surface area contributed by atoms with E-state index in [-0.39, 0.29) is 11.3 Å². The van der Waals surface area contributed by atoms with E-state index in [1.54, 1.807) is 0 Å². The van der Waals surface area contributed by atoms with Crippen LogP contribution in [0.15, 0.2) is 30.5 Å². The predicted octanol–water partition coefficient (Wildman–Crippen LogP) is 2.97. The number of anilines is 1. The maximum absolute atomic E-state index is 13.5. The number of carbonyl (C=O) groups is 1. The zero-order chi connectivity index (χ0) is 20.9. The average Bonchev–Trinajstić information content (AvgIpc) is 3.56. The second-order valence-corrected chi connectivity index (χ2v) is 9.27. The van der Waals surface area contributed by atoms with Crippen LogP contribution in [-0.2, 0) is 27.0 Å². The molecular weight excluding hydrogens is 376 g/mol. The van der Waals surface area contributed by atoms with Gasteiger partial charge in [0.1, 0.15) is 5.60 Å². The molecule has 0 unspecified atom stereocenters. The Morgan fingerprint density at radius 3 is 2.43 bits per heavy atom. The Kier molecular flexibility index (Phi) is 4.58. The van der Waals surface area contributed by atoms with Crippen LogP contribution >= 0.6 is 0 Å². The minimum Gasteiger partial charge on any atom is -0.368 e. The zero-order valence-electron chi connectivity index (χ0n) is 18.1. The monoisotopic (exact) mass is 406 g/mol. The summed E-state index contributed by atoms with van der Waals surface area (Å²) in [5.41, 5.74) is 3.92. The van der Waals surface area contributed by atoms with Crippen molar-refractivity contribution in [2.45, 2.75) is 50.0 Å². The third-order valence-corrected chi connectivity index (χ3v) is 7.06. The number of rotatable bonds is 3. The number of hydrogen-bond donors (Lipinski definition) is 0. The molecule has 1 saturated heterocycles. The van der Waals surface area contributed by atoms with E-state index in [0.717, 1.165) is 37.8 Å². The number of amides is 1. The van der Waals surface area contributed by atoms with Crippen molar-refractivity contribution >= 4 is 11.9 Å². The number of ether oxygens (including phenoxy) is 1. The van der Waals surface area contributed by atoms with Crippen molar-refractivity contribution in [1.82, 2.24) is 14.9 Å². The van der Waals surface area contributed by atoms with Crippen LogP contribution in [-0.4, -0.2) is 54.6 Å². The molecule has 2 aliphatic heterocycles. The maximum atomic E-state index is 13.5. The van der Waals surface area contributed by atoms with E-state index in [2.05, 4.69) is 41.1 Å². The zero-order valence-corrected chi connectivity index (χ0v) is 18.1. The van der Waals surface area contributed by atoms with Gasteiger partial charge in [0.05, 0.1) is 17.7 Å². The first-order chi connectivity index (χ1) is 14.4. The van der Waals surface area contributed by atoms with Crippen molar-refractivity contribution in [2.75, 3.05) is 38.7 Å². The molecule has 3 heterocycles. The highest BCUT2D eigenvalue weighted by molar-refractivity contribution is 5.91. The summed E-state index contributed by atoms with van der Waals surface area (Å²) in [4.78, 5) is 26.8. The second-order valence-electron chi connectivity index (χ2n) is 9.27. The number of carbonyl (C=O) groups excluding carboxylic acids is 1. The number of aryl methyl sites for hydroxylation is 1. The van der Waals surface area contributed by atoms with Gasteiger partial charge in [-0.15, -0.1) is 0 Å². The molecule has 1 aliphatic carbocycles. The van der Waals surface area contributed by atoms with E-state index < -0.39 is 5.60 Å². The van der Waals surface area contributed by atoms with Crippen molar-refractivity contribution in [2.24, 2.45) is 0 Å². The molecule has 1 amide bonds. The van der Waals surface area contributed by atoms with Crippen LogP contribution in [0, 0.1) is 6.92 Å². The summed E-state index contributed by atoms with van der Waals surface area (Å²) >= 11 is 0. The first-order valence-electron chi connectivity index (χ1n) is 11.0. The van der Waals surface area contributed by atoms with Crippen LogP contribution in [0.5, 0.6) is 0 Å². The standard InChI is InChI=1S/C24H30N4O2/c1-17-4-6-19(7-5-17)23(9-10-23)21(29)28-13-11-24(12-14-28)20-18(8-15-30-24)16-25-22(26-20)27(2)3/h4-7,16H,8-15H2,1-3H3. The number of benzene rings is 1. The molecule has 0 radical (unpaired) electrons. The van der Waals surface area contributed by atoms with E-state index in [1.807, 2.05) is 25.2 Å². The fourth-order valence-corrected chi connectivity index (χ4v) is 4.99. The first-order valence-corrected chi connectivity index (χ1v) is 11.0. The molecule has 6 heteroatoms. The molecular formula is C24H30N4O2. The third kappa shape index (κ3) is 3.09. The van der Waals surface area contributed by atoms with Gasteiger partial charge in [0.2, 0.25) is 11.9 Å². The Balaban J connectivity index is 1.36. The summed E-state index contributed by atoms with van der Waals surface area (Å²) in [7, 11) is 3.92. The van der Waals surface area contributed by atoms with Crippen molar-refractivity contribution in [3.63, 3.8) is 0 Å². The van der Waals surface area contributed by atoms with E-state index in [9.17, 15) is 4.79 Å². The Morgan fingerprint density at radius 1 is 1.10 bits per heavy atom. The number of nitrogens with zero attached hydrogens (tertiary/aromatic N) is 4. The van der Waals surface area contributed by atoms with Gasteiger partial charge in [-0.1, -0.05) is 29.8 Å². The van der Waals surface area contributed by atoms with Gasteiger partial charge < -0.3 is 14.5 Å². The highest BCUT2D eigenvalue weighted by Crippen LogP contribution is 2.51. The minimum atomic E-state index is -0.390. The summed E-state index contributed by atoms with van der Waals surface area (Å²) in [5, 5.41) is 0. The maximum Gasteiger partial charge on any atom is 0.233 e. The number of piperidine rings is 1. The molecule has 3 aliphatic rings. The highest BCUT2D eigenvalue weighted by atomic mass is 16.5. The Morgan fingerprint density at radius 2 is 1.80 bits per heavy atom. The van der Waals surface area contributed by atoms with Crippen LogP contribution in [0.1, 0.15) is 48.1 Å². The van der Waals surface area contributed by atoms with Crippen molar-refractivity contribution in [3.8, 4) is 0 Å². The number of hydrogen-bond acceptors (Lipinski definition) is 5. The van der Waals surface area contributed by atoms with Gasteiger partial charge in [-0.05, 0) is 50.2 Å². The van der Waals surface area contributed by atoms with Crippen LogP contribution in [0.2, 0.25) is 0 Å². The Labute approximate surface area is 178 Å². The van der Waals surface area contributed by atoms with E-state index >= 15 is 0 Å². The van der Waals surface area contributed by atoms with Gasteiger partial charge in [-0.2, -0.15) is 0 Å². The summed E-state index contributed by atoms with van der Waals surface area (Å²) in [6.07, 6.45) is 6.30. The molecule has 1 aromatic carbocycles. The largest absolute Gasteiger partial charge is 0.368 e. The lowest BCUT2D eigenvalue weighted by molar-refractivity contribution is -0.143. The van der Waals surface area contributed by atoms with Crippen molar-refractivity contribution < 1.29 is 9.53 Å². The molecule has 1 spiro atoms. The quantitative estimate of drug-likeness (QED) is 0.784. The van der Waals surface area contributed by atoms with Crippen LogP contribution in [0.3, 0.4) is 0 Å². The normalized spacial score (nSPS) is 21.2. The smallest absolute Gasteiger partial charge is 0.233 e. The third-order valence-electron chi connectivity index (χ3n) is 7.06. The summed E-state index contributed by atoms with van der Waals surface area (Å²) in [6.45, 7) is 4.21. The summed E-state index contributed by atoms with van der Waals surface area (Å²) in [5.74, 6) is 1.00. The molecule has 1 saturated carbocycles. The Bertz CT molecular complexity index is 958. The van der Waals surface area contributed by atoms with Gasteiger partial charge in [0, 0.05) is 33.4 Å². The van der Waals surface area contributed by atoms with Gasteiger partial charge in [0.25, 0.3) is 0 Å². The summed E-state index contributed by atoms with van der Waals surface area (Å²) in [6, 6.07) is 8.49. The number of aromatic nitrogens is 2. The highest BCUT2D eigenvalue weighted by Gasteiger charge is 2.54. The van der Waals surface area contributed by atoms with Gasteiger partial charge >= 0.3 is 0 Å². The molecule has 5 rings (SSSR count). The van der Waals surface area contributed by atoms with E-state index in [1.165, 1.54) is 16.7 Å². The fourth-order valence-electron chi connectivity index (χ4n) is 4.99. The van der Waals surface area contributed by atoms with Crippen LogP contribution in [0.25, 0.3) is 0 Å². The molecule has 6 nitrogen and oxygen atoms in total. The lowest BCUT2D eigenvalue weighted by Crippen LogP contribution is -2.51. The molecule has 158 valence electrons. The van der Waals surface area contributed by atoms with Gasteiger partial charge in [0.15, 0.2) is 0 Å². The summed E-state index contributed by atoms with van der Waals surface area (Å²) < 4.78 is 6.35. The van der Waals surface area contributed by atoms with Crippen molar-refractivity contribution in [1.29, 1.82) is 0 Å². The van der Waals surface area contributed by atoms with E-state index in [0.29, 0.717) is 25.6 Å². The van der Waals surface area contributed by atoms with Crippen molar-refractivity contribution in [3.05, 3.63) is 52.8 Å². The first kappa shape index (κ1) is 19.5. The van der Waals surface area contributed by atoms with Crippen LogP contribution < -0.4 is 4.90 Å². The molecule has 0 bridgehead atoms. The number of likely N-dealkylation sites (tertiary alicyclic amines) is 1. The van der Waals surface area contributed by atoms with Crippen LogP contribution in [0.4, 0.5) is 5.95 Å². The lowest BCUT2D eigenvalue weighted by atomic mass is 9.82. The second kappa shape index (κ2) is 7.05.